The Bertz CT molecular complexity index is 1410. The zero-order valence-electron chi connectivity index (χ0n) is 23.9. The number of hydrogen-bond acceptors (Lipinski definition) is 7. The van der Waals surface area contributed by atoms with Crippen LogP contribution in [0.2, 0.25) is 0 Å². The molecule has 0 bridgehead atoms. The molecule has 0 aromatic heterocycles. The van der Waals surface area contributed by atoms with Crippen molar-refractivity contribution >= 4 is 16.0 Å². The number of carboxylic acids is 1. The number of aromatic carboxylic acids is 1. The molecule has 0 aliphatic carbocycles. The maximum absolute atomic E-state index is 13.5. The van der Waals surface area contributed by atoms with Gasteiger partial charge in [0.2, 0.25) is 10.0 Å². The molecule has 42 heavy (non-hydrogen) atoms. The minimum atomic E-state index is -3.66. The fourth-order valence-corrected chi connectivity index (χ4v) is 6.47. The summed E-state index contributed by atoms with van der Waals surface area (Å²) in [5.41, 5.74) is 2.68. The highest BCUT2D eigenvalue weighted by Gasteiger charge is 2.29. The van der Waals surface area contributed by atoms with Crippen LogP contribution in [0, 0.1) is 5.82 Å². The van der Waals surface area contributed by atoms with Gasteiger partial charge in [-0.3, -0.25) is 0 Å². The second-order valence-corrected chi connectivity index (χ2v) is 11.9. The van der Waals surface area contributed by atoms with Crippen molar-refractivity contribution in [1.82, 2.24) is 14.9 Å². The number of ether oxygens (including phenoxy) is 2. The van der Waals surface area contributed by atoms with Crippen LogP contribution in [0.3, 0.4) is 0 Å². The normalized spacial score (nSPS) is 14.5. The Balaban J connectivity index is 1.27. The first-order chi connectivity index (χ1) is 20.2. The Labute approximate surface area is 246 Å². The molecule has 1 aliphatic rings. The number of halogens is 1. The first-order valence-electron chi connectivity index (χ1n) is 14.2. The van der Waals surface area contributed by atoms with E-state index in [4.69, 9.17) is 14.6 Å². The Morgan fingerprint density at radius 1 is 0.952 bits per heavy atom. The van der Waals surface area contributed by atoms with Crippen LogP contribution in [0.4, 0.5) is 4.39 Å². The number of carboxylic acid groups (broad SMARTS) is 1. The number of nitrogens with zero attached hydrogens (tertiary/aromatic N) is 1. The van der Waals surface area contributed by atoms with Crippen LogP contribution in [-0.2, 0) is 16.6 Å². The van der Waals surface area contributed by atoms with Gasteiger partial charge in [-0.1, -0.05) is 12.1 Å². The molecule has 3 aromatic rings. The number of hydrogen-bond donors (Lipinski definition) is 3. The standard InChI is InChI=1S/C31H38FN3O6S/c1-3-40-28-19-22(20-29(41-4-2)30(28)23-5-9-25(32)10-6-23)21-33-15-16-34-26-13-17-35(18-14-26)42(38,39)27-11-7-24(8-12-27)31(36)37/h5-12,19-20,26,33-34H,3-4,13-18,21H2,1-2H3,(H,36,37). The van der Waals surface area contributed by atoms with Gasteiger partial charge in [0.1, 0.15) is 17.3 Å². The summed E-state index contributed by atoms with van der Waals surface area (Å²) in [6, 6.07) is 15.8. The summed E-state index contributed by atoms with van der Waals surface area (Å²) >= 11 is 0. The van der Waals surface area contributed by atoms with Gasteiger partial charge in [0.15, 0.2) is 0 Å². The van der Waals surface area contributed by atoms with Gasteiger partial charge in [-0.25, -0.2) is 17.6 Å². The van der Waals surface area contributed by atoms with Crippen molar-refractivity contribution in [3.63, 3.8) is 0 Å². The molecule has 1 fully saturated rings. The van der Waals surface area contributed by atoms with Crippen molar-refractivity contribution in [2.24, 2.45) is 0 Å². The Hall–Kier alpha value is -3.51. The maximum atomic E-state index is 13.5. The first kappa shape index (κ1) is 31.4. The lowest BCUT2D eigenvalue weighted by atomic mass is 10.0. The molecule has 3 aromatic carbocycles. The molecule has 9 nitrogen and oxygen atoms in total. The number of sulfonamides is 1. The largest absolute Gasteiger partial charge is 0.493 e. The summed E-state index contributed by atoms with van der Waals surface area (Å²) in [5, 5.41) is 16.0. The molecule has 226 valence electrons. The number of piperidine rings is 1. The number of nitrogens with one attached hydrogen (secondary N) is 2. The van der Waals surface area contributed by atoms with Gasteiger partial charge in [-0.05, 0) is 86.3 Å². The summed E-state index contributed by atoms with van der Waals surface area (Å²) < 4.78 is 52.8. The van der Waals surface area contributed by atoms with Crippen molar-refractivity contribution in [1.29, 1.82) is 0 Å². The third-order valence-electron chi connectivity index (χ3n) is 7.12. The van der Waals surface area contributed by atoms with Gasteiger partial charge < -0.3 is 25.2 Å². The first-order valence-corrected chi connectivity index (χ1v) is 15.6. The maximum Gasteiger partial charge on any atom is 0.335 e. The fraction of sp³-hybridized carbons (Fsp3) is 0.387. The molecule has 1 heterocycles. The number of carbonyl (C=O) groups is 1. The highest BCUT2D eigenvalue weighted by molar-refractivity contribution is 7.89. The lowest BCUT2D eigenvalue weighted by Crippen LogP contribution is -2.46. The topological polar surface area (TPSA) is 117 Å². The van der Waals surface area contributed by atoms with Crippen molar-refractivity contribution in [3.8, 4) is 22.6 Å². The van der Waals surface area contributed by atoms with Crippen molar-refractivity contribution in [3.05, 3.63) is 77.6 Å². The van der Waals surface area contributed by atoms with E-state index in [1.165, 1.54) is 40.7 Å². The van der Waals surface area contributed by atoms with Crippen LogP contribution in [0.15, 0.2) is 65.6 Å². The van der Waals surface area contributed by atoms with Gasteiger partial charge in [0, 0.05) is 38.8 Å². The highest BCUT2D eigenvalue weighted by Crippen LogP contribution is 2.40. The second-order valence-electron chi connectivity index (χ2n) is 9.98. The average molecular weight is 600 g/mol. The van der Waals surface area contributed by atoms with Crippen LogP contribution in [-0.4, -0.2) is 69.2 Å². The molecule has 0 unspecified atom stereocenters. The SMILES string of the molecule is CCOc1cc(CNCCNC2CCN(S(=O)(=O)c3ccc(C(=O)O)cc3)CC2)cc(OCC)c1-c1ccc(F)cc1. The van der Waals surface area contributed by atoms with Gasteiger partial charge in [0.25, 0.3) is 0 Å². The molecule has 1 aliphatic heterocycles. The van der Waals surface area contributed by atoms with E-state index in [1.54, 1.807) is 12.1 Å². The summed E-state index contributed by atoms with van der Waals surface area (Å²) in [7, 11) is -3.66. The summed E-state index contributed by atoms with van der Waals surface area (Å²) in [4.78, 5) is 11.2. The van der Waals surface area contributed by atoms with Gasteiger partial charge in [0.05, 0.1) is 29.2 Å². The van der Waals surface area contributed by atoms with Crippen LogP contribution >= 0.6 is 0 Å². The molecular weight excluding hydrogens is 561 g/mol. The predicted molar refractivity (Wildman–Crippen MR) is 159 cm³/mol. The average Bonchev–Trinajstić information content (AvgIpc) is 2.98. The predicted octanol–water partition coefficient (Wildman–Crippen LogP) is 4.52. The van der Waals surface area contributed by atoms with Gasteiger partial charge >= 0.3 is 5.97 Å². The van der Waals surface area contributed by atoms with Crippen LogP contribution in [0.5, 0.6) is 11.5 Å². The lowest BCUT2D eigenvalue weighted by Gasteiger charge is -2.31. The minimum absolute atomic E-state index is 0.0527. The molecule has 4 rings (SSSR count). The summed E-state index contributed by atoms with van der Waals surface area (Å²) in [6.45, 7) is 7.64. The fourth-order valence-electron chi connectivity index (χ4n) is 5.00. The van der Waals surface area contributed by atoms with E-state index >= 15 is 0 Å². The molecule has 1 saturated heterocycles. The van der Waals surface area contributed by atoms with E-state index < -0.39 is 16.0 Å². The lowest BCUT2D eigenvalue weighted by molar-refractivity contribution is 0.0696. The van der Waals surface area contributed by atoms with Crippen molar-refractivity contribution < 1.29 is 32.2 Å². The smallest absolute Gasteiger partial charge is 0.335 e. The van der Waals surface area contributed by atoms with E-state index in [0.29, 0.717) is 63.7 Å². The zero-order valence-corrected chi connectivity index (χ0v) is 24.8. The Morgan fingerprint density at radius 2 is 1.55 bits per heavy atom. The number of rotatable bonds is 14. The van der Waals surface area contributed by atoms with Crippen LogP contribution in [0.1, 0.15) is 42.6 Å². The van der Waals surface area contributed by atoms with E-state index in [0.717, 1.165) is 23.2 Å². The van der Waals surface area contributed by atoms with E-state index in [-0.39, 0.29) is 22.3 Å². The van der Waals surface area contributed by atoms with Crippen LogP contribution in [0.25, 0.3) is 11.1 Å². The second kappa shape index (κ2) is 14.6. The Kier molecular flexibility index (Phi) is 10.9. The Morgan fingerprint density at radius 3 is 2.10 bits per heavy atom. The molecule has 0 saturated carbocycles. The quantitative estimate of drug-likeness (QED) is 0.232. The molecule has 0 radical (unpaired) electrons. The summed E-state index contributed by atoms with van der Waals surface area (Å²) in [5.74, 6) is -0.0239. The van der Waals surface area contributed by atoms with Gasteiger partial charge in [-0.2, -0.15) is 4.31 Å². The monoisotopic (exact) mass is 599 g/mol. The zero-order chi connectivity index (χ0) is 30.1. The van der Waals surface area contributed by atoms with E-state index in [2.05, 4.69) is 10.6 Å². The molecule has 0 amide bonds. The summed E-state index contributed by atoms with van der Waals surface area (Å²) in [6.07, 6.45) is 1.37. The molecule has 0 atom stereocenters. The van der Waals surface area contributed by atoms with Gasteiger partial charge in [-0.15, -0.1) is 0 Å². The highest BCUT2D eigenvalue weighted by atomic mass is 32.2. The van der Waals surface area contributed by atoms with E-state index in [1.807, 2.05) is 26.0 Å². The molecule has 11 heteroatoms. The molecule has 3 N–H and O–H groups in total. The van der Waals surface area contributed by atoms with Crippen molar-refractivity contribution in [2.45, 2.75) is 44.2 Å². The third kappa shape index (κ3) is 7.86. The van der Waals surface area contributed by atoms with Crippen LogP contribution < -0.4 is 20.1 Å². The number of benzene rings is 3. The minimum Gasteiger partial charge on any atom is -0.493 e. The third-order valence-corrected chi connectivity index (χ3v) is 9.03. The van der Waals surface area contributed by atoms with Crippen molar-refractivity contribution in [2.75, 3.05) is 39.4 Å². The molecular formula is C31H38FN3O6S. The molecule has 0 spiro atoms. The van der Waals surface area contributed by atoms with E-state index in [9.17, 15) is 17.6 Å².